The third kappa shape index (κ3) is 5.38. The number of carbonyl (C=O) groups excluding carboxylic acids is 2. The molecule has 1 aromatic rings. The van der Waals surface area contributed by atoms with Gasteiger partial charge in [-0.1, -0.05) is 26.0 Å². The Morgan fingerprint density at radius 2 is 2.08 bits per heavy atom. The van der Waals surface area contributed by atoms with Crippen LogP contribution in [0.3, 0.4) is 0 Å². The SMILES string of the molecule is CC(C)CCNC(=S)NNC(=O)C[C@H]1Oc2ccccc2NC1=O. The zero-order chi connectivity index (χ0) is 17.5. The highest BCUT2D eigenvalue weighted by atomic mass is 32.1. The molecule has 8 heteroatoms. The lowest BCUT2D eigenvalue weighted by Crippen LogP contribution is -2.49. The summed E-state index contributed by atoms with van der Waals surface area (Å²) < 4.78 is 5.56. The highest BCUT2D eigenvalue weighted by Crippen LogP contribution is 2.29. The van der Waals surface area contributed by atoms with E-state index < -0.39 is 6.10 Å². The van der Waals surface area contributed by atoms with Crippen molar-refractivity contribution in [2.24, 2.45) is 5.92 Å². The van der Waals surface area contributed by atoms with Crippen LogP contribution in [0.4, 0.5) is 5.69 Å². The highest BCUT2D eigenvalue weighted by molar-refractivity contribution is 7.80. The highest BCUT2D eigenvalue weighted by Gasteiger charge is 2.29. The maximum atomic E-state index is 12.0. The molecule has 2 rings (SSSR count). The lowest BCUT2D eigenvalue weighted by atomic mass is 10.1. The molecule has 1 heterocycles. The average molecular weight is 350 g/mol. The Labute approximate surface area is 146 Å². The largest absolute Gasteiger partial charge is 0.478 e. The molecule has 0 unspecified atom stereocenters. The number of hydrogen-bond acceptors (Lipinski definition) is 4. The van der Waals surface area contributed by atoms with Gasteiger partial charge in [0.15, 0.2) is 11.2 Å². The summed E-state index contributed by atoms with van der Waals surface area (Å²) in [5, 5.41) is 6.04. The van der Waals surface area contributed by atoms with E-state index in [0.29, 0.717) is 22.5 Å². The molecule has 24 heavy (non-hydrogen) atoms. The van der Waals surface area contributed by atoms with Crippen LogP contribution in [0.1, 0.15) is 26.7 Å². The van der Waals surface area contributed by atoms with Crippen molar-refractivity contribution >= 4 is 34.8 Å². The quantitative estimate of drug-likeness (QED) is 0.473. The van der Waals surface area contributed by atoms with Crippen LogP contribution in [0.25, 0.3) is 0 Å². The van der Waals surface area contributed by atoms with E-state index in [-0.39, 0.29) is 18.2 Å². The predicted octanol–water partition coefficient (Wildman–Crippen LogP) is 1.32. The van der Waals surface area contributed by atoms with Crippen molar-refractivity contribution in [3.63, 3.8) is 0 Å². The molecule has 0 aromatic heterocycles. The van der Waals surface area contributed by atoms with E-state index in [1.807, 2.05) is 0 Å². The number of rotatable bonds is 5. The molecular formula is C16H22N4O3S. The van der Waals surface area contributed by atoms with Crippen molar-refractivity contribution in [1.82, 2.24) is 16.2 Å². The first kappa shape index (κ1) is 18.0. The van der Waals surface area contributed by atoms with E-state index in [1.165, 1.54) is 0 Å². The number of carbonyl (C=O) groups is 2. The minimum atomic E-state index is -0.871. The van der Waals surface area contributed by atoms with Crippen LogP contribution < -0.4 is 26.2 Å². The Bertz CT molecular complexity index is 621. The molecule has 0 bridgehead atoms. The van der Waals surface area contributed by atoms with Crippen LogP contribution in [-0.2, 0) is 9.59 Å². The summed E-state index contributed by atoms with van der Waals surface area (Å²) in [5.74, 6) is 0.387. The third-order valence-corrected chi connectivity index (χ3v) is 3.65. The molecule has 0 fully saturated rings. The van der Waals surface area contributed by atoms with Crippen molar-refractivity contribution in [2.75, 3.05) is 11.9 Å². The van der Waals surface area contributed by atoms with Crippen molar-refractivity contribution in [1.29, 1.82) is 0 Å². The second kappa shape index (κ2) is 8.49. The lowest BCUT2D eigenvalue weighted by Gasteiger charge is -2.25. The van der Waals surface area contributed by atoms with Gasteiger partial charge in [0.25, 0.3) is 5.91 Å². The van der Waals surface area contributed by atoms with Gasteiger partial charge in [-0.2, -0.15) is 0 Å². The topological polar surface area (TPSA) is 91.5 Å². The summed E-state index contributed by atoms with van der Waals surface area (Å²) in [6, 6.07) is 7.08. The molecule has 1 aliphatic rings. The van der Waals surface area contributed by atoms with Crippen molar-refractivity contribution in [3.8, 4) is 5.75 Å². The molecule has 0 saturated carbocycles. The minimum absolute atomic E-state index is 0.109. The van der Waals surface area contributed by atoms with Gasteiger partial charge in [0.1, 0.15) is 5.75 Å². The maximum Gasteiger partial charge on any atom is 0.266 e. The summed E-state index contributed by atoms with van der Waals surface area (Å²) >= 11 is 5.06. The summed E-state index contributed by atoms with van der Waals surface area (Å²) in [4.78, 5) is 23.9. The fourth-order valence-corrected chi connectivity index (χ4v) is 2.24. The molecule has 1 aliphatic heterocycles. The van der Waals surface area contributed by atoms with Crippen LogP contribution in [0.5, 0.6) is 5.75 Å². The predicted molar refractivity (Wildman–Crippen MR) is 95.4 cm³/mol. The Balaban J connectivity index is 1.75. The van der Waals surface area contributed by atoms with Crippen molar-refractivity contribution < 1.29 is 14.3 Å². The van der Waals surface area contributed by atoms with Gasteiger partial charge >= 0.3 is 0 Å². The van der Waals surface area contributed by atoms with Crippen molar-refractivity contribution in [2.45, 2.75) is 32.8 Å². The molecule has 1 atom stereocenters. The van der Waals surface area contributed by atoms with Gasteiger partial charge in [-0.05, 0) is 36.7 Å². The number of hydrogen-bond donors (Lipinski definition) is 4. The number of hydrazine groups is 1. The number of fused-ring (bicyclic) bond motifs is 1. The van der Waals surface area contributed by atoms with Gasteiger partial charge in [0.2, 0.25) is 5.91 Å². The van der Waals surface area contributed by atoms with E-state index in [1.54, 1.807) is 24.3 Å². The smallest absolute Gasteiger partial charge is 0.266 e. The minimum Gasteiger partial charge on any atom is -0.478 e. The third-order valence-electron chi connectivity index (χ3n) is 3.40. The molecule has 1 aromatic carbocycles. The van der Waals surface area contributed by atoms with Gasteiger partial charge in [0.05, 0.1) is 12.1 Å². The first-order valence-corrected chi connectivity index (χ1v) is 8.25. The monoisotopic (exact) mass is 350 g/mol. The second-order valence-electron chi connectivity index (χ2n) is 5.91. The van der Waals surface area contributed by atoms with Crippen LogP contribution in [0.2, 0.25) is 0 Å². The van der Waals surface area contributed by atoms with E-state index in [4.69, 9.17) is 17.0 Å². The summed E-state index contributed by atoms with van der Waals surface area (Å²) in [7, 11) is 0. The average Bonchev–Trinajstić information content (AvgIpc) is 2.53. The first-order valence-electron chi connectivity index (χ1n) is 7.85. The first-order chi connectivity index (χ1) is 11.5. The van der Waals surface area contributed by atoms with Crippen LogP contribution >= 0.6 is 12.2 Å². The fourth-order valence-electron chi connectivity index (χ4n) is 2.09. The molecule has 130 valence electrons. The van der Waals surface area contributed by atoms with Gasteiger partial charge < -0.3 is 15.4 Å². The summed E-state index contributed by atoms with van der Waals surface area (Å²) in [6.07, 6.45) is -0.00305. The normalized spacial score (nSPS) is 15.8. The number of ether oxygens (including phenoxy) is 1. The molecule has 4 N–H and O–H groups in total. The van der Waals surface area contributed by atoms with Crippen LogP contribution in [0, 0.1) is 5.92 Å². The molecule has 7 nitrogen and oxygen atoms in total. The fraction of sp³-hybridized carbons (Fsp3) is 0.438. The molecule has 2 amide bonds. The molecule has 0 saturated heterocycles. The van der Waals surface area contributed by atoms with Crippen LogP contribution in [0.15, 0.2) is 24.3 Å². The Hall–Kier alpha value is -2.35. The lowest BCUT2D eigenvalue weighted by molar-refractivity contribution is -0.130. The number of para-hydroxylation sites is 2. The Morgan fingerprint density at radius 1 is 1.33 bits per heavy atom. The van der Waals surface area contributed by atoms with E-state index in [9.17, 15) is 9.59 Å². The van der Waals surface area contributed by atoms with E-state index in [0.717, 1.165) is 13.0 Å². The van der Waals surface area contributed by atoms with Gasteiger partial charge in [-0.15, -0.1) is 0 Å². The molecular weight excluding hydrogens is 328 g/mol. The van der Waals surface area contributed by atoms with E-state index in [2.05, 4.69) is 35.3 Å². The number of anilines is 1. The second-order valence-corrected chi connectivity index (χ2v) is 6.32. The van der Waals surface area contributed by atoms with Crippen LogP contribution in [-0.4, -0.2) is 29.6 Å². The standard InChI is InChI=1S/C16H22N4O3S/c1-10(2)7-8-17-16(24)20-19-14(21)9-13-15(22)18-11-5-3-4-6-12(11)23-13/h3-6,10,13H,7-9H2,1-2H3,(H,18,22)(H,19,21)(H2,17,20,24)/t13-/m1/s1. The number of nitrogens with one attached hydrogen (secondary N) is 4. The Morgan fingerprint density at radius 3 is 2.83 bits per heavy atom. The molecule has 0 aliphatic carbocycles. The van der Waals surface area contributed by atoms with Gasteiger partial charge in [-0.25, -0.2) is 0 Å². The zero-order valence-corrected chi connectivity index (χ0v) is 14.5. The van der Waals surface area contributed by atoms with E-state index >= 15 is 0 Å². The maximum absolute atomic E-state index is 12.0. The summed E-state index contributed by atoms with van der Waals surface area (Å²) in [5.41, 5.74) is 5.68. The molecule has 0 spiro atoms. The number of amides is 2. The number of thiocarbonyl (C=S) groups is 1. The van der Waals surface area contributed by atoms with Crippen molar-refractivity contribution in [3.05, 3.63) is 24.3 Å². The van der Waals surface area contributed by atoms with Gasteiger partial charge in [-0.3, -0.25) is 20.4 Å². The Kier molecular flexibility index (Phi) is 6.36. The molecule has 0 radical (unpaired) electrons. The zero-order valence-electron chi connectivity index (χ0n) is 13.7. The number of benzene rings is 1. The van der Waals surface area contributed by atoms with Gasteiger partial charge in [0, 0.05) is 6.54 Å². The summed E-state index contributed by atoms with van der Waals surface area (Å²) in [6.45, 7) is 4.96.